The molecule has 1 unspecified atom stereocenters. The van der Waals surface area contributed by atoms with Crippen LogP contribution in [0.5, 0.6) is 5.75 Å². The van der Waals surface area contributed by atoms with Gasteiger partial charge in [0.15, 0.2) is 0 Å². The Labute approximate surface area is 159 Å². The lowest BCUT2D eigenvalue weighted by molar-refractivity contribution is -0.132. The van der Waals surface area contributed by atoms with Crippen molar-refractivity contribution in [2.45, 2.75) is 38.3 Å². The average Bonchev–Trinajstić information content (AvgIpc) is 2.71. The van der Waals surface area contributed by atoms with E-state index in [9.17, 15) is 9.18 Å². The molecular formula is C22H25FN2O2. The van der Waals surface area contributed by atoms with Gasteiger partial charge in [-0.1, -0.05) is 30.3 Å². The number of rotatable bonds is 4. The molecule has 4 rings (SSSR count). The van der Waals surface area contributed by atoms with Crippen LogP contribution in [0.4, 0.5) is 10.1 Å². The summed E-state index contributed by atoms with van der Waals surface area (Å²) in [5.74, 6) is 0.427. The van der Waals surface area contributed by atoms with E-state index in [0.717, 1.165) is 37.2 Å². The molecule has 0 radical (unpaired) electrons. The summed E-state index contributed by atoms with van der Waals surface area (Å²) >= 11 is 0. The Morgan fingerprint density at radius 1 is 1.07 bits per heavy atom. The van der Waals surface area contributed by atoms with E-state index in [-0.39, 0.29) is 17.8 Å². The number of piperidine rings is 1. The molecule has 5 heteroatoms. The SMILES string of the molecule is O=C(CC1COc2cc(F)ccc2N1Cc1ccccc1)N1CCCCC1. The van der Waals surface area contributed by atoms with Crippen LogP contribution in [-0.4, -0.2) is 36.5 Å². The lowest BCUT2D eigenvalue weighted by Gasteiger charge is -2.39. The summed E-state index contributed by atoms with van der Waals surface area (Å²) in [6.07, 6.45) is 3.80. The Balaban J connectivity index is 1.57. The minimum Gasteiger partial charge on any atom is -0.489 e. The van der Waals surface area contributed by atoms with Crippen molar-refractivity contribution in [2.75, 3.05) is 24.6 Å². The van der Waals surface area contributed by atoms with Crippen molar-refractivity contribution in [1.29, 1.82) is 0 Å². The van der Waals surface area contributed by atoms with Gasteiger partial charge in [-0.15, -0.1) is 0 Å². The minimum absolute atomic E-state index is 0.0578. The number of amides is 1. The predicted octanol–water partition coefficient (Wildman–Crippen LogP) is 4.00. The fraction of sp³-hybridized carbons (Fsp3) is 0.409. The highest BCUT2D eigenvalue weighted by Crippen LogP contribution is 2.36. The second-order valence-electron chi connectivity index (χ2n) is 7.34. The largest absolute Gasteiger partial charge is 0.489 e. The average molecular weight is 368 g/mol. The Bertz CT molecular complexity index is 790. The molecule has 1 atom stereocenters. The van der Waals surface area contributed by atoms with Crippen molar-refractivity contribution in [3.63, 3.8) is 0 Å². The maximum atomic E-state index is 13.6. The maximum Gasteiger partial charge on any atom is 0.224 e. The molecule has 0 saturated carbocycles. The zero-order valence-electron chi connectivity index (χ0n) is 15.4. The summed E-state index contributed by atoms with van der Waals surface area (Å²) < 4.78 is 19.5. The van der Waals surface area contributed by atoms with Crippen LogP contribution >= 0.6 is 0 Å². The van der Waals surface area contributed by atoms with Crippen LogP contribution in [0, 0.1) is 5.82 Å². The third-order valence-electron chi connectivity index (χ3n) is 5.42. The first-order valence-electron chi connectivity index (χ1n) is 9.71. The molecule has 2 heterocycles. The maximum absolute atomic E-state index is 13.6. The Hall–Kier alpha value is -2.56. The summed E-state index contributed by atoms with van der Waals surface area (Å²) in [4.78, 5) is 17.0. The van der Waals surface area contributed by atoms with Gasteiger partial charge in [-0.3, -0.25) is 4.79 Å². The molecule has 0 aromatic heterocycles. The van der Waals surface area contributed by atoms with Crippen molar-refractivity contribution in [3.8, 4) is 5.75 Å². The Morgan fingerprint density at radius 3 is 2.63 bits per heavy atom. The lowest BCUT2D eigenvalue weighted by atomic mass is 10.0. The van der Waals surface area contributed by atoms with Crippen molar-refractivity contribution >= 4 is 11.6 Å². The zero-order chi connectivity index (χ0) is 18.6. The summed E-state index contributed by atoms with van der Waals surface area (Å²) in [6, 6.07) is 14.7. The second-order valence-corrected chi connectivity index (χ2v) is 7.34. The molecule has 142 valence electrons. The van der Waals surface area contributed by atoms with Crippen molar-refractivity contribution in [2.24, 2.45) is 0 Å². The number of hydrogen-bond donors (Lipinski definition) is 0. The quantitative estimate of drug-likeness (QED) is 0.818. The van der Waals surface area contributed by atoms with Gasteiger partial charge in [0.2, 0.25) is 5.91 Å². The first-order valence-corrected chi connectivity index (χ1v) is 9.71. The number of ether oxygens (including phenoxy) is 1. The molecule has 2 aromatic rings. The van der Waals surface area contributed by atoms with Crippen LogP contribution in [-0.2, 0) is 11.3 Å². The molecule has 4 nitrogen and oxygen atoms in total. The van der Waals surface area contributed by atoms with Crippen molar-refractivity contribution in [3.05, 3.63) is 59.9 Å². The highest BCUT2D eigenvalue weighted by molar-refractivity contribution is 5.78. The number of nitrogens with zero attached hydrogens (tertiary/aromatic N) is 2. The molecule has 1 amide bonds. The predicted molar refractivity (Wildman–Crippen MR) is 103 cm³/mol. The number of fused-ring (bicyclic) bond motifs is 1. The van der Waals surface area contributed by atoms with E-state index in [0.29, 0.717) is 25.3 Å². The van der Waals surface area contributed by atoms with Crippen LogP contribution < -0.4 is 9.64 Å². The van der Waals surface area contributed by atoms with Crippen LogP contribution in [0.25, 0.3) is 0 Å². The fourth-order valence-electron chi connectivity index (χ4n) is 3.95. The molecule has 27 heavy (non-hydrogen) atoms. The molecule has 0 bridgehead atoms. The number of halogens is 1. The second kappa shape index (κ2) is 7.99. The van der Waals surface area contributed by atoms with Gasteiger partial charge < -0.3 is 14.5 Å². The molecule has 0 spiro atoms. The van der Waals surface area contributed by atoms with Crippen LogP contribution in [0.2, 0.25) is 0 Å². The summed E-state index contributed by atoms with van der Waals surface area (Å²) in [5, 5.41) is 0. The summed E-state index contributed by atoms with van der Waals surface area (Å²) in [5.41, 5.74) is 2.01. The molecular weight excluding hydrogens is 343 g/mol. The number of carbonyl (C=O) groups is 1. The van der Waals surface area contributed by atoms with Gasteiger partial charge in [0.1, 0.15) is 18.2 Å². The van der Waals surface area contributed by atoms with Crippen LogP contribution in [0.15, 0.2) is 48.5 Å². The number of likely N-dealkylation sites (tertiary alicyclic amines) is 1. The van der Waals surface area contributed by atoms with E-state index in [1.54, 1.807) is 6.07 Å². The third-order valence-corrected chi connectivity index (χ3v) is 5.42. The molecule has 0 N–H and O–H groups in total. The minimum atomic E-state index is -0.309. The van der Waals surface area contributed by atoms with Crippen LogP contribution in [0.3, 0.4) is 0 Å². The molecule has 1 saturated heterocycles. The van der Waals surface area contributed by atoms with Gasteiger partial charge >= 0.3 is 0 Å². The van der Waals surface area contributed by atoms with Crippen LogP contribution in [0.1, 0.15) is 31.2 Å². The monoisotopic (exact) mass is 368 g/mol. The van der Waals surface area contributed by atoms with E-state index < -0.39 is 0 Å². The van der Waals surface area contributed by atoms with E-state index in [1.165, 1.54) is 18.6 Å². The van der Waals surface area contributed by atoms with Gasteiger partial charge in [0.25, 0.3) is 0 Å². The van der Waals surface area contributed by atoms with Gasteiger partial charge in [-0.2, -0.15) is 0 Å². The number of hydrogen-bond acceptors (Lipinski definition) is 3. The topological polar surface area (TPSA) is 32.8 Å². The smallest absolute Gasteiger partial charge is 0.224 e. The van der Waals surface area contributed by atoms with Gasteiger partial charge in [-0.25, -0.2) is 4.39 Å². The normalized spacial score (nSPS) is 19.4. The van der Waals surface area contributed by atoms with Gasteiger partial charge in [-0.05, 0) is 37.0 Å². The number of anilines is 1. The zero-order valence-corrected chi connectivity index (χ0v) is 15.4. The summed E-state index contributed by atoms with van der Waals surface area (Å²) in [7, 11) is 0. The van der Waals surface area contributed by atoms with E-state index >= 15 is 0 Å². The Kier molecular flexibility index (Phi) is 5.28. The first-order chi connectivity index (χ1) is 13.2. The molecule has 2 aliphatic rings. The molecule has 1 fully saturated rings. The van der Waals surface area contributed by atoms with Gasteiger partial charge in [0, 0.05) is 25.7 Å². The molecule has 0 aliphatic carbocycles. The lowest BCUT2D eigenvalue weighted by Crippen LogP contribution is -2.47. The fourth-order valence-corrected chi connectivity index (χ4v) is 3.95. The standard InChI is InChI=1S/C22H25FN2O2/c23-18-9-10-20-21(13-18)27-16-19(14-22(26)24-11-5-2-6-12-24)25(20)15-17-7-3-1-4-8-17/h1,3-4,7-10,13,19H,2,5-6,11-12,14-16H2. The third kappa shape index (κ3) is 4.07. The highest BCUT2D eigenvalue weighted by atomic mass is 19.1. The summed E-state index contributed by atoms with van der Waals surface area (Å²) in [6.45, 7) is 2.77. The van der Waals surface area contributed by atoms with Crippen molar-refractivity contribution < 1.29 is 13.9 Å². The molecule has 2 aliphatic heterocycles. The van der Waals surface area contributed by atoms with Crippen molar-refractivity contribution in [1.82, 2.24) is 4.90 Å². The molecule has 2 aromatic carbocycles. The number of carbonyl (C=O) groups excluding carboxylic acids is 1. The van der Waals surface area contributed by atoms with E-state index in [4.69, 9.17) is 4.74 Å². The van der Waals surface area contributed by atoms with E-state index in [1.807, 2.05) is 23.1 Å². The van der Waals surface area contributed by atoms with E-state index in [2.05, 4.69) is 17.0 Å². The van der Waals surface area contributed by atoms with Gasteiger partial charge in [0.05, 0.1) is 18.2 Å². The first kappa shape index (κ1) is 17.8. The number of benzene rings is 2. The highest BCUT2D eigenvalue weighted by Gasteiger charge is 2.31. The Morgan fingerprint density at radius 2 is 1.85 bits per heavy atom.